The highest BCUT2D eigenvalue weighted by Gasteiger charge is 2.35. The number of alkyl halides is 3. The maximum Gasteiger partial charge on any atom is 0.416 e. The fraction of sp³-hybridized carbons (Fsp3) is 0.238. The first kappa shape index (κ1) is 19.0. The molecule has 29 heavy (non-hydrogen) atoms. The molecule has 3 aromatic rings. The summed E-state index contributed by atoms with van der Waals surface area (Å²) < 4.78 is 55.8. The van der Waals surface area contributed by atoms with E-state index in [0.29, 0.717) is 11.5 Å². The Morgan fingerprint density at radius 3 is 2.45 bits per heavy atom. The van der Waals surface area contributed by atoms with Crippen LogP contribution in [-0.4, -0.2) is 18.0 Å². The first-order valence-corrected chi connectivity index (χ1v) is 8.90. The molecule has 0 unspecified atom stereocenters. The lowest BCUT2D eigenvalue weighted by molar-refractivity contribution is -0.137. The molecule has 8 heteroatoms. The monoisotopic (exact) mass is 403 g/mol. The largest absolute Gasteiger partial charge is 0.493 e. The molecule has 1 aromatic heterocycles. The molecule has 1 heterocycles. The van der Waals surface area contributed by atoms with E-state index in [1.54, 1.807) is 24.3 Å². The lowest BCUT2D eigenvalue weighted by Crippen LogP contribution is -2.09. The van der Waals surface area contributed by atoms with Gasteiger partial charge >= 0.3 is 6.18 Å². The minimum atomic E-state index is -4.59. The Bertz CT molecular complexity index is 1050. The third-order valence-electron chi connectivity index (χ3n) is 4.63. The number of ether oxygens (including phenoxy) is 2. The van der Waals surface area contributed by atoms with Crippen molar-refractivity contribution in [2.75, 3.05) is 7.11 Å². The highest BCUT2D eigenvalue weighted by molar-refractivity contribution is 6.11. The maximum atomic E-state index is 13.2. The third-order valence-corrected chi connectivity index (χ3v) is 4.63. The molecule has 0 amide bonds. The zero-order chi connectivity index (χ0) is 20.6. The van der Waals surface area contributed by atoms with Crippen molar-refractivity contribution in [3.05, 3.63) is 71.1 Å². The number of rotatable bonds is 6. The first-order chi connectivity index (χ1) is 13.9. The molecular formula is C21H16F3NO4. The minimum absolute atomic E-state index is 0.0194. The number of hydrogen-bond donors (Lipinski definition) is 0. The summed E-state index contributed by atoms with van der Waals surface area (Å²) in [6.07, 6.45) is -1.53. The molecular weight excluding hydrogens is 387 g/mol. The first-order valence-electron chi connectivity index (χ1n) is 8.90. The van der Waals surface area contributed by atoms with Gasteiger partial charge in [-0.05, 0) is 43.2 Å². The van der Waals surface area contributed by atoms with E-state index >= 15 is 0 Å². The van der Waals surface area contributed by atoms with Gasteiger partial charge in [0.25, 0.3) is 0 Å². The van der Waals surface area contributed by atoms with Gasteiger partial charge in [-0.1, -0.05) is 17.3 Å². The predicted molar refractivity (Wildman–Crippen MR) is 96.4 cm³/mol. The normalized spacial score (nSPS) is 13.9. The number of ketones is 1. The van der Waals surface area contributed by atoms with Crippen molar-refractivity contribution in [3.8, 4) is 17.2 Å². The summed E-state index contributed by atoms with van der Waals surface area (Å²) in [5, 5.41) is 3.69. The van der Waals surface area contributed by atoms with Gasteiger partial charge in [0.15, 0.2) is 17.3 Å². The number of para-hydroxylation sites is 2. The Labute approximate surface area is 164 Å². The molecule has 0 aliphatic heterocycles. The van der Waals surface area contributed by atoms with Gasteiger partial charge in [-0.2, -0.15) is 13.2 Å². The fourth-order valence-corrected chi connectivity index (χ4v) is 3.00. The van der Waals surface area contributed by atoms with Crippen LogP contribution in [0.5, 0.6) is 17.2 Å². The van der Waals surface area contributed by atoms with Gasteiger partial charge in [0.1, 0.15) is 5.75 Å². The van der Waals surface area contributed by atoms with E-state index in [-0.39, 0.29) is 28.5 Å². The van der Waals surface area contributed by atoms with Gasteiger partial charge in [0.05, 0.1) is 30.0 Å². The summed E-state index contributed by atoms with van der Waals surface area (Å²) in [6.45, 7) is 0. The van der Waals surface area contributed by atoms with Crippen LogP contribution in [-0.2, 0) is 6.18 Å². The molecule has 1 aliphatic rings. The Morgan fingerprint density at radius 1 is 1.07 bits per heavy atom. The van der Waals surface area contributed by atoms with E-state index < -0.39 is 17.5 Å². The van der Waals surface area contributed by atoms with Crippen LogP contribution in [0.3, 0.4) is 0 Å². The van der Waals surface area contributed by atoms with Crippen molar-refractivity contribution in [1.82, 2.24) is 5.16 Å². The molecule has 150 valence electrons. The standard InChI is InChI=1S/C21H16F3NO4/c1-27-16-4-2-3-5-17(16)28-18-10-13(21(22,23)24)8-9-14(18)19(26)15-11-25-29-20(15)12-6-7-12/h2-5,8-12H,6-7H2,1H3. The molecule has 1 saturated carbocycles. The number of nitrogens with zero attached hydrogens (tertiary/aromatic N) is 1. The van der Waals surface area contributed by atoms with E-state index in [0.717, 1.165) is 31.0 Å². The van der Waals surface area contributed by atoms with Gasteiger partial charge in [-0.3, -0.25) is 4.79 Å². The van der Waals surface area contributed by atoms with Gasteiger partial charge in [-0.15, -0.1) is 0 Å². The van der Waals surface area contributed by atoms with Gasteiger partial charge in [0, 0.05) is 5.92 Å². The molecule has 0 bridgehead atoms. The number of hydrogen-bond acceptors (Lipinski definition) is 5. The Kier molecular flexibility index (Phi) is 4.77. The molecule has 1 aliphatic carbocycles. The summed E-state index contributed by atoms with van der Waals surface area (Å²) in [5.74, 6) is 0.356. The van der Waals surface area contributed by atoms with E-state index in [1.807, 2.05) is 0 Å². The summed E-state index contributed by atoms with van der Waals surface area (Å²) in [5.41, 5.74) is -0.710. The maximum absolute atomic E-state index is 13.2. The molecule has 2 aromatic carbocycles. The van der Waals surface area contributed by atoms with Crippen LogP contribution >= 0.6 is 0 Å². The van der Waals surface area contributed by atoms with Crippen LogP contribution in [0, 0.1) is 0 Å². The van der Waals surface area contributed by atoms with Crippen LogP contribution in [0.25, 0.3) is 0 Å². The number of benzene rings is 2. The second kappa shape index (κ2) is 7.27. The molecule has 0 atom stereocenters. The molecule has 1 fully saturated rings. The molecule has 5 nitrogen and oxygen atoms in total. The second-order valence-electron chi connectivity index (χ2n) is 6.67. The topological polar surface area (TPSA) is 61.6 Å². The second-order valence-corrected chi connectivity index (χ2v) is 6.67. The Hall–Kier alpha value is -3.29. The SMILES string of the molecule is COc1ccccc1Oc1cc(C(F)(F)F)ccc1C(=O)c1cnoc1C1CC1. The van der Waals surface area contributed by atoms with Gasteiger partial charge < -0.3 is 14.0 Å². The van der Waals surface area contributed by atoms with Crippen LogP contribution in [0.1, 0.15) is 46.0 Å². The average molecular weight is 403 g/mol. The number of carbonyl (C=O) groups is 1. The van der Waals surface area contributed by atoms with Crippen LogP contribution in [0.15, 0.2) is 53.2 Å². The van der Waals surface area contributed by atoms with Crippen LogP contribution in [0.2, 0.25) is 0 Å². The smallest absolute Gasteiger partial charge is 0.416 e. The summed E-state index contributed by atoms with van der Waals surface area (Å²) in [4.78, 5) is 13.1. The molecule has 4 rings (SSSR count). The number of halogens is 3. The van der Waals surface area contributed by atoms with Crippen molar-refractivity contribution in [1.29, 1.82) is 0 Å². The highest BCUT2D eigenvalue weighted by atomic mass is 19.4. The Balaban J connectivity index is 1.78. The zero-order valence-corrected chi connectivity index (χ0v) is 15.3. The number of aromatic nitrogens is 1. The Morgan fingerprint density at radius 2 is 1.79 bits per heavy atom. The van der Waals surface area contributed by atoms with E-state index in [1.165, 1.54) is 13.3 Å². The molecule has 0 radical (unpaired) electrons. The van der Waals surface area contributed by atoms with Crippen molar-refractivity contribution in [2.45, 2.75) is 24.9 Å². The molecule has 0 saturated heterocycles. The lowest BCUT2D eigenvalue weighted by atomic mass is 10.00. The van der Waals surface area contributed by atoms with Crippen LogP contribution in [0.4, 0.5) is 13.2 Å². The fourth-order valence-electron chi connectivity index (χ4n) is 3.00. The van der Waals surface area contributed by atoms with E-state index in [9.17, 15) is 18.0 Å². The zero-order valence-electron chi connectivity index (χ0n) is 15.3. The van der Waals surface area contributed by atoms with Gasteiger partial charge in [0.2, 0.25) is 5.78 Å². The highest BCUT2D eigenvalue weighted by Crippen LogP contribution is 2.43. The molecule has 0 N–H and O–H groups in total. The van der Waals surface area contributed by atoms with Crippen LogP contribution < -0.4 is 9.47 Å². The van der Waals surface area contributed by atoms with Crippen molar-refractivity contribution >= 4 is 5.78 Å². The van der Waals surface area contributed by atoms with Crippen molar-refractivity contribution in [2.24, 2.45) is 0 Å². The predicted octanol–water partition coefficient (Wildman–Crippen LogP) is 5.60. The van der Waals surface area contributed by atoms with Gasteiger partial charge in [-0.25, -0.2) is 0 Å². The minimum Gasteiger partial charge on any atom is -0.493 e. The molecule has 0 spiro atoms. The summed E-state index contributed by atoms with van der Waals surface area (Å²) >= 11 is 0. The van der Waals surface area contributed by atoms with Crippen molar-refractivity contribution < 1.29 is 32.0 Å². The van der Waals surface area contributed by atoms with E-state index in [2.05, 4.69) is 5.16 Å². The lowest BCUT2D eigenvalue weighted by Gasteiger charge is -2.15. The van der Waals surface area contributed by atoms with E-state index in [4.69, 9.17) is 14.0 Å². The third kappa shape index (κ3) is 3.83. The number of methoxy groups -OCH3 is 1. The number of carbonyl (C=O) groups excluding carboxylic acids is 1. The summed E-state index contributed by atoms with van der Waals surface area (Å²) in [7, 11) is 1.42. The quantitative estimate of drug-likeness (QED) is 0.501. The average Bonchev–Trinajstić information content (AvgIpc) is 3.43. The van der Waals surface area contributed by atoms with Crippen molar-refractivity contribution in [3.63, 3.8) is 0 Å². The summed E-state index contributed by atoms with van der Waals surface area (Å²) in [6, 6.07) is 9.27.